The van der Waals surface area contributed by atoms with E-state index in [1.165, 1.54) is 17.3 Å². The highest BCUT2D eigenvalue weighted by Gasteiger charge is 2.46. The van der Waals surface area contributed by atoms with Crippen LogP contribution < -0.4 is 9.47 Å². The van der Waals surface area contributed by atoms with Crippen molar-refractivity contribution >= 4 is 17.4 Å². The molecule has 1 aliphatic heterocycles. The van der Waals surface area contributed by atoms with Crippen molar-refractivity contribution in [2.24, 2.45) is 0 Å². The third kappa shape index (κ3) is 5.25. The van der Waals surface area contributed by atoms with Gasteiger partial charge in [-0.2, -0.15) is 0 Å². The van der Waals surface area contributed by atoms with Gasteiger partial charge in [0, 0.05) is 24.5 Å². The lowest BCUT2D eigenvalue weighted by Gasteiger charge is -2.26. The van der Waals surface area contributed by atoms with Gasteiger partial charge in [0.1, 0.15) is 5.76 Å². The van der Waals surface area contributed by atoms with Crippen LogP contribution in [-0.4, -0.2) is 46.4 Å². The molecule has 0 aliphatic carbocycles. The SMILES string of the molecule is CCCOc1ccc(C2C(=C(O)c3ccncc3)C(=O)C(=O)N2CCc2ccccc2)cc1OCC. The topological polar surface area (TPSA) is 89.0 Å². The van der Waals surface area contributed by atoms with E-state index in [4.69, 9.17) is 9.47 Å². The molecule has 0 spiro atoms. The van der Waals surface area contributed by atoms with Gasteiger partial charge in [0.25, 0.3) is 11.7 Å². The van der Waals surface area contributed by atoms with E-state index in [1.54, 1.807) is 24.3 Å². The van der Waals surface area contributed by atoms with Crippen molar-refractivity contribution in [1.82, 2.24) is 9.88 Å². The summed E-state index contributed by atoms with van der Waals surface area (Å²) in [6.07, 6.45) is 4.47. The lowest BCUT2D eigenvalue weighted by atomic mass is 9.95. The van der Waals surface area contributed by atoms with Crippen LogP contribution in [0.25, 0.3) is 5.76 Å². The molecular weight excluding hydrogens is 456 g/mol. The molecule has 7 heteroatoms. The monoisotopic (exact) mass is 486 g/mol. The third-order valence-electron chi connectivity index (χ3n) is 6.02. The van der Waals surface area contributed by atoms with Gasteiger partial charge < -0.3 is 19.5 Å². The number of ketones is 1. The van der Waals surface area contributed by atoms with Crippen LogP contribution in [0.2, 0.25) is 0 Å². The summed E-state index contributed by atoms with van der Waals surface area (Å²) in [6, 6.07) is 17.6. The second kappa shape index (κ2) is 11.5. The van der Waals surface area contributed by atoms with Crippen LogP contribution in [0.5, 0.6) is 11.5 Å². The molecule has 1 aliphatic rings. The Balaban J connectivity index is 1.80. The van der Waals surface area contributed by atoms with E-state index < -0.39 is 17.7 Å². The molecule has 186 valence electrons. The normalized spacial score (nSPS) is 16.8. The number of carbonyl (C=O) groups is 2. The van der Waals surface area contributed by atoms with E-state index in [9.17, 15) is 14.7 Å². The van der Waals surface area contributed by atoms with Crippen LogP contribution >= 0.6 is 0 Å². The molecule has 2 aromatic carbocycles. The average Bonchev–Trinajstić information content (AvgIpc) is 3.17. The van der Waals surface area contributed by atoms with Gasteiger partial charge in [0.05, 0.1) is 24.8 Å². The molecule has 0 bridgehead atoms. The summed E-state index contributed by atoms with van der Waals surface area (Å²) in [6.45, 7) is 5.18. The zero-order valence-corrected chi connectivity index (χ0v) is 20.5. The van der Waals surface area contributed by atoms with E-state index in [0.717, 1.165) is 12.0 Å². The number of rotatable bonds is 10. The summed E-state index contributed by atoms with van der Waals surface area (Å²) < 4.78 is 11.7. The molecule has 0 saturated carbocycles. The minimum absolute atomic E-state index is 0.0453. The number of ether oxygens (including phenoxy) is 2. The van der Waals surface area contributed by atoms with E-state index in [0.29, 0.717) is 48.8 Å². The maximum atomic E-state index is 13.3. The number of Topliss-reactive ketones (excluding diaryl/α,β-unsaturated/α-hetero) is 1. The smallest absolute Gasteiger partial charge is 0.295 e. The van der Waals surface area contributed by atoms with Crippen molar-refractivity contribution in [2.45, 2.75) is 32.7 Å². The molecule has 4 rings (SSSR count). The fourth-order valence-corrected chi connectivity index (χ4v) is 4.31. The molecule has 1 N–H and O–H groups in total. The Bertz CT molecular complexity index is 1240. The van der Waals surface area contributed by atoms with Crippen LogP contribution in [0.4, 0.5) is 0 Å². The Hall–Kier alpha value is -4.13. The first-order chi connectivity index (χ1) is 17.5. The van der Waals surface area contributed by atoms with Crippen LogP contribution in [-0.2, 0) is 16.0 Å². The number of hydrogen-bond acceptors (Lipinski definition) is 6. The molecule has 36 heavy (non-hydrogen) atoms. The summed E-state index contributed by atoms with van der Waals surface area (Å²) in [5.74, 6) is -0.464. The van der Waals surface area contributed by atoms with Crippen molar-refractivity contribution in [3.8, 4) is 11.5 Å². The number of pyridine rings is 1. The van der Waals surface area contributed by atoms with Gasteiger partial charge in [-0.15, -0.1) is 0 Å². The summed E-state index contributed by atoms with van der Waals surface area (Å²) in [4.78, 5) is 32.0. The molecule has 7 nitrogen and oxygen atoms in total. The van der Waals surface area contributed by atoms with Gasteiger partial charge in [0.2, 0.25) is 0 Å². The quantitative estimate of drug-likeness (QED) is 0.248. The second-order valence-electron chi connectivity index (χ2n) is 8.45. The molecule has 1 amide bonds. The van der Waals surface area contributed by atoms with Gasteiger partial charge in [-0.1, -0.05) is 43.3 Å². The molecule has 1 aromatic heterocycles. The predicted octanol–water partition coefficient (Wildman–Crippen LogP) is 4.93. The fraction of sp³-hybridized carbons (Fsp3) is 0.276. The molecule has 1 fully saturated rings. The zero-order valence-electron chi connectivity index (χ0n) is 20.5. The molecule has 3 aromatic rings. The molecular formula is C29H30N2O5. The van der Waals surface area contributed by atoms with Crippen LogP contribution in [0.15, 0.2) is 78.6 Å². The Morgan fingerprint density at radius 2 is 1.72 bits per heavy atom. The minimum atomic E-state index is -0.777. The van der Waals surface area contributed by atoms with Crippen molar-refractivity contribution in [3.63, 3.8) is 0 Å². The van der Waals surface area contributed by atoms with Gasteiger partial charge >= 0.3 is 0 Å². The molecule has 1 saturated heterocycles. The maximum absolute atomic E-state index is 13.3. The summed E-state index contributed by atoms with van der Waals surface area (Å²) in [5.41, 5.74) is 2.17. The van der Waals surface area contributed by atoms with E-state index >= 15 is 0 Å². The summed E-state index contributed by atoms with van der Waals surface area (Å²) in [5, 5.41) is 11.2. The highest BCUT2D eigenvalue weighted by atomic mass is 16.5. The first kappa shape index (κ1) is 25.0. The number of aliphatic hydroxyl groups is 1. The largest absolute Gasteiger partial charge is 0.507 e. The van der Waals surface area contributed by atoms with Crippen LogP contribution in [0.3, 0.4) is 0 Å². The third-order valence-corrected chi connectivity index (χ3v) is 6.02. The molecule has 1 atom stereocenters. The predicted molar refractivity (Wildman–Crippen MR) is 137 cm³/mol. The number of likely N-dealkylation sites (tertiary alicyclic amines) is 1. The van der Waals surface area contributed by atoms with Crippen molar-refractivity contribution in [2.75, 3.05) is 19.8 Å². The van der Waals surface area contributed by atoms with E-state index in [-0.39, 0.29) is 11.3 Å². The van der Waals surface area contributed by atoms with Crippen molar-refractivity contribution in [1.29, 1.82) is 0 Å². The van der Waals surface area contributed by atoms with Crippen molar-refractivity contribution < 1.29 is 24.2 Å². The number of carbonyl (C=O) groups excluding carboxylic acids is 2. The average molecular weight is 487 g/mol. The standard InChI is InChI=1S/C29H30N2O5/c1-3-18-36-23-11-10-22(19-24(23)35-4-2)26-25(27(32)21-12-15-30-16-13-21)28(33)29(34)31(26)17-14-20-8-6-5-7-9-20/h5-13,15-16,19,26,32H,3-4,14,17-18H2,1-2H3. The molecule has 0 radical (unpaired) electrons. The number of aromatic nitrogens is 1. The minimum Gasteiger partial charge on any atom is -0.507 e. The van der Waals surface area contributed by atoms with Gasteiger partial charge in [0.15, 0.2) is 11.5 Å². The Morgan fingerprint density at radius 3 is 2.42 bits per heavy atom. The Morgan fingerprint density at radius 1 is 0.972 bits per heavy atom. The number of nitrogens with zero attached hydrogens (tertiary/aromatic N) is 2. The Labute approximate surface area is 211 Å². The number of amides is 1. The van der Waals surface area contributed by atoms with Crippen LogP contribution in [0, 0.1) is 0 Å². The van der Waals surface area contributed by atoms with Gasteiger partial charge in [-0.3, -0.25) is 14.6 Å². The van der Waals surface area contributed by atoms with E-state index in [1.807, 2.05) is 50.2 Å². The van der Waals surface area contributed by atoms with Gasteiger partial charge in [-0.25, -0.2) is 0 Å². The lowest BCUT2D eigenvalue weighted by molar-refractivity contribution is -0.139. The molecule has 1 unspecified atom stereocenters. The second-order valence-corrected chi connectivity index (χ2v) is 8.45. The van der Waals surface area contributed by atoms with Crippen molar-refractivity contribution in [3.05, 3.63) is 95.3 Å². The lowest BCUT2D eigenvalue weighted by Crippen LogP contribution is -2.31. The summed E-state index contributed by atoms with van der Waals surface area (Å²) >= 11 is 0. The number of benzene rings is 2. The van der Waals surface area contributed by atoms with Crippen LogP contribution in [0.1, 0.15) is 43.0 Å². The fourth-order valence-electron chi connectivity index (χ4n) is 4.31. The first-order valence-electron chi connectivity index (χ1n) is 12.2. The summed E-state index contributed by atoms with van der Waals surface area (Å²) in [7, 11) is 0. The first-order valence-corrected chi connectivity index (χ1v) is 12.2. The number of aliphatic hydroxyl groups excluding tert-OH is 1. The number of hydrogen-bond donors (Lipinski definition) is 1. The maximum Gasteiger partial charge on any atom is 0.295 e. The highest BCUT2D eigenvalue weighted by molar-refractivity contribution is 6.46. The zero-order chi connectivity index (χ0) is 25.5. The van der Waals surface area contributed by atoms with E-state index in [2.05, 4.69) is 4.98 Å². The Kier molecular flexibility index (Phi) is 8.00. The highest BCUT2D eigenvalue weighted by Crippen LogP contribution is 2.42. The molecule has 2 heterocycles. The van der Waals surface area contributed by atoms with Gasteiger partial charge in [-0.05, 0) is 55.2 Å².